The maximum Gasteiger partial charge on any atom is 0.123 e. The molecule has 0 amide bonds. The zero-order valence-corrected chi connectivity index (χ0v) is 11.8. The summed E-state index contributed by atoms with van der Waals surface area (Å²) in [5.74, 6) is -0.199. The summed E-state index contributed by atoms with van der Waals surface area (Å²) in [6.45, 7) is 3.85. The lowest BCUT2D eigenvalue weighted by molar-refractivity contribution is 0.0572. The largest absolute Gasteiger partial charge is 0.314 e. The molecule has 1 saturated carbocycles. The molecule has 1 aliphatic heterocycles. The van der Waals surface area contributed by atoms with Gasteiger partial charge in [0.25, 0.3) is 0 Å². The lowest BCUT2D eigenvalue weighted by Crippen LogP contribution is -2.59. The SMILES string of the molecule is Fc1ccc(Cl)c(CN2CCNCC23CCCC3)c1. The molecule has 4 heteroatoms. The predicted octanol–water partition coefficient (Wildman–Crippen LogP) is 3.20. The second-order valence-electron chi connectivity index (χ2n) is 5.77. The third-order valence-electron chi connectivity index (χ3n) is 4.59. The van der Waals surface area contributed by atoms with E-state index in [0.717, 1.165) is 31.7 Å². The van der Waals surface area contributed by atoms with Crippen molar-refractivity contribution in [3.8, 4) is 0 Å². The highest BCUT2D eigenvalue weighted by molar-refractivity contribution is 6.31. The van der Waals surface area contributed by atoms with E-state index in [0.29, 0.717) is 5.02 Å². The molecule has 19 heavy (non-hydrogen) atoms. The van der Waals surface area contributed by atoms with Crippen LogP contribution in [0, 0.1) is 5.82 Å². The van der Waals surface area contributed by atoms with Gasteiger partial charge < -0.3 is 5.32 Å². The number of hydrogen-bond acceptors (Lipinski definition) is 2. The van der Waals surface area contributed by atoms with Crippen molar-refractivity contribution in [1.29, 1.82) is 0 Å². The molecule has 0 unspecified atom stereocenters. The Morgan fingerprint density at radius 2 is 2.11 bits per heavy atom. The zero-order chi connectivity index (χ0) is 13.3. The molecular weight excluding hydrogens is 263 g/mol. The van der Waals surface area contributed by atoms with Crippen LogP contribution in [0.15, 0.2) is 18.2 Å². The van der Waals surface area contributed by atoms with E-state index in [2.05, 4.69) is 10.2 Å². The van der Waals surface area contributed by atoms with Gasteiger partial charge in [0.05, 0.1) is 0 Å². The Balaban J connectivity index is 1.82. The molecule has 0 bridgehead atoms. The topological polar surface area (TPSA) is 15.3 Å². The van der Waals surface area contributed by atoms with Crippen molar-refractivity contribution in [3.05, 3.63) is 34.6 Å². The standard InChI is InChI=1S/C15H20ClFN2/c16-14-4-3-13(17)9-12(14)10-19-8-7-18-11-15(19)5-1-2-6-15/h3-4,9,18H,1-2,5-8,10-11H2. The zero-order valence-electron chi connectivity index (χ0n) is 11.1. The Hall–Kier alpha value is -0.640. The molecule has 0 atom stereocenters. The summed E-state index contributed by atoms with van der Waals surface area (Å²) in [4.78, 5) is 2.51. The predicted molar refractivity (Wildman–Crippen MR) is 75.9 cm³/mol. The van der Waals surface area contributed by atoms with Gasteiger partial charge >= 0.3 is 0 Å². The van der Waals surface area contributed by atoms with Crippen LogP contribution < -0.4 is 5.32 Å². The van der Waals surface area contributed by atoms with Gasteiger partial charge in [-0.05, 0) is 36.6 Å². The molecule has 1 aromatic rings. The number of hydrogen-bond donors (Lipinski definition) is 1. The fraction of sp³-hybridized carbons (Fsp3) is 0.600. The van der Waals surface area contributed by atoms with Crippen LogP contribution in [0.5, 0.6) is 0 Å². The third kappa shape index (κ3) is 2.64. The van der Waals surface area contributed by atoms with Gasteiger partial charge in [-0.3, -0.25) is 4.90 Å². The maximum atomic E-state index is 13.4. The minimum absolute atomic E-state index is 0.199. The molecule has 104 valence electrons. The second-order valence-corrected chi connectivity index (χ2v) is 6.17. The van der Waals surface area contributed by atoms with Gasteiger partial charge in [-0.15, -0.1) is 0 Å². The first-order valence-corrected chi connectivity index (χ1v) is 7.47. The summed E-state index contributed by atoms with van der Waals surface area (Å²) >= 11 is 6.20. The van der Waals surface area contributed by atoms with Gasteiger partial charge in [0, 0.05) is 36.7 Å². The van der Waals surface area contributed by atoms with Crippen LogP contribution in [-0.4, -0.2) is 30.1 Å². The van der Waals surface area contributed by atoms with Gasteiger partial charge in [0.15, 0.2) is 0 Å². The number of piperazine rings is 1. The number of halogens is 2. The highest BCUT2D eigenvalue weighted by Crippen LogP contribution is 2.37. The van der Waals surface area contributed by atoms with E-state index < -0.39 is 0 Å². The van der Waals surface area contributed by atoms with Crippen LogP contribution in [0.25, 0.3) is 0 Å². The van der Waals surface area contributed by atoms with Crippen molar-refractivity contribution in [2.45, 2.75) is 37.8 Å². The van der Waals surface area contributed by atoms with Crippen LogP contribution in [0.4, 0.5) is 4.39 Å². The summed E-state index contributed by atoms with van der Waals surface area (Å²) in [5.41, 5.74) is 1.18. The smallest absolute Gasteiger partial charge is 0.123 e. The van der Waals surface area contributed by atoms with E-state index in [-0.39, 0.29) is 11.4 Å². The molecule has 3 rings (SSSR count). The van der Waals surface area contributed by atoms with Crippen LogP contribution in [0.1, 0.15) is 31.2 Å². The Kier molecular flexibility index (Phi) is 3.79. The fourth-order valence-electron chi connectivity index (χ4n) is 3.53. The maximum absolute atomic E-state index is 13.4. The van der Waals surface area contributed by atoms with Crippen molar-refractivity contribution >= 4 is 11.6 Å². The highest BCUT2D eigenvalue weighted by atomic mass is 35.5. The normalized spacial score (nSPS) is 23.1. The summed E-state index contributed by atoms with van der Waals surface area (Å²) in [5, 5.41) is 4.18. The van der Waals surface area contributed by atoms with Crippen molar-refractivity contribution in [1.82, 2.24) is 10.2 Å². The Morgan fingerprint density at radius 3 is 2.89 bits per heavy atom. The minimum atomic E-state index is -0.199. The molecule has 0 radical (unpaired) electrons. The Morgan fingerprint density at radius 1 is 1.32 bits per heavy atom. The van der Waals surface area contributed by atoms with Crippen LogP contribution in [-0.2, 0) is 6.54 Å². The molecule has 1 aromatic carbocycles. The van der Waals surface area contributed by atoms with Crippen molar-refractivity contribution < 1.29 is 4.39 Å². The van der Waals surface area contributed by atoms with Gasteiger partial charge in [-0.2, -0.15) is 0 Å². The first-order chi connectivity index (χ1) is 9.20. The third-order valence-corrected chi connectivity index (χ3v) is 4.96. The quantitative estimate of drug-likeness (QED) is 0.896. The number of rotatable bonds is 2. The molecule has 1 saturated heterocycles. The fourth-order valence-corrected chi connectivity index (χ4v) is 3.70. The molecule has 1 spiro atoms. The minimum Gasteiger partial charge on any atom is -0.314 e. The Bertz CT molecular complexity index is 457. The second kappa shape index (κ2) is 5.39. The number of benzene rings is 1. The average Bonchev–Trinajstić information content (AvgIpc) is 2.86. The van der Waals surface area contributed by atoms with E-state index in [1.807, 2.05) is 0 Å². The number of nitrogens with one attached hydrogen (secondary N) is 1. The van der Waals surface area contributed by atoms with Gasteiger partial charge in [-0.1, -0.05) is 24.4 Å². The van der Waals surface area contributed by atoms with E-state index in [1.165, 1.54) is 31.7 Å². The molecular formula is C15H20ClFN2. The summed E-state index contributed by atoms with van der Waals surface area (Å²) < 4.78 is 13.4. The molecule has 2 aliphatic rings. The Labute approximate surface area is 118 Å². The lowest BCUT2D eigenvalue weighted by Gasteiger charge is -2.45. The monoisotopic (exact) mass is 282 g/mol. The average molecular weight is 283 g/mol. The van der Waals surface area contributed by atoms with Crippen molar-refractivity contribution in [2.75, 3.05) is 19.6 Å². The van der Waals surface area contributed by atoms with Gasteiger partial charge in [0.2, 0.25) is 0 Å². The number of nitrogens with zero attached hydrogens (tertiary/aromatic N) is 1. The van der Waals surface area contributed by atoms with Crippen LogP contribution in [0.3, 0.4) is 0 Å². The van der Waals surface area contributed by atoms with E-state index >= 15 is 0 Å². The molecule has 1 heterocycles. The van der Waals surface area contributed by atoms with Crippen molar-refractivity contribution in [2.24, 2.45) is 0 Å². The first-order valence-electron chi connectivity index (χ1n) is 7.09. The summed E-state index contributed by atoms with van der Waals surface area (Å²) in [7, 11) is 0. The van der Waals surface area contributed by atoms with E-state index in [9.17, 15) is 4.39 Å². The molecule has 2 fully saturated rings. The summed E-state index contributed by atoms with van der Waals surface area (Å²) in [6.07, 6.45) is 5.09. The van der Waals surface area contributed by atoms with E-state index in [4.69, 9.17) is 11.6 Å². The molecule has 2 nitrogen and oxygen atoms in total. The van der Waals surface area contributed by atoms with Gasteiger partial charge in [0.1, 0.15) is 5.82 Å². The highest BCUT2D eigenvalue weighted by Gasteiger charge is 2.41. The van der Waals surface area contributed by atoms with E-state index in [1.54, 1.807) is 12.1 Å². The van der Waals surface area contributed by atoms with Gasteiger partial charge in [-0.25, -0.2) is 4.39 Å². The first kappa shape index (κ1) is 13.3. The molecule has 1 N–H and O–H groups in total. The molecule has 1 aliphatic carbocycles. The van der Waals surface area contributed by atoms with Crippen LogP contribution in [0.2, 0.25) is 5.02 Å². The van der Waals surface area contributed by atoms with Crippen molar-refractivity contribution in [3.63, 3.8) is 0 Å². The summed E-state index contributed by atoms with van der Waals surface area (Å²) in [6, 6.07) is 4.66. The lowest BCUT2D eigenvalue weighted by atomic mass is 9.92. The van der Waals surface area contributed by atoms with Crippen LogP contribution >= 0.6 is 11.6 Å². The molecule has 0 aromatic heterocycles.